The lowest BCUT2D eigenvalue weighted by Crippen LogP contribution is -2.30. The number of piperidine rings is 1. The number of nitrogens with one attached hydrogen (secondary N) is 2. The third-order valence-electron chi connectivity index (χ3n) is 5.10. The van der Waals surface area contributed by atoms with Crippen molar-refractivity contribution in [2.45, 2.75) is 32.4 Å². The van der Waals surface area contributed by atoms with Crippen LogP contribution >= 0.6 is 23.2 Å². The molecule has 1 saturated heterocycles. The number of aromatic hydroxyl groups is 1. The third kappa shape index (κ3) is 5.19. The summed E-state index contributed by atoms with van der Waals surface area (Å²) >= 11 is 12.3. The number of hydrogen-bond acceptors (Lipinski definition) is 5. The Labute approximate surface area is 186 Å². The van der Waals surface area contributed by atoms with Crippen LogP contribution in [0.15, 0.2) is 53.9 Å². The average Bonchev–Trinajstić information content (AvgIpc) is 3.07. The number of carbonyl (C=O) groups is 1. The summed E-state index contributed by atoms with van der Waals surface area (Å²) in [5, 5.41) is 16.9. The van der Waals surface area contributed by atoms with Gasteiger partial charge in [0.25, 0.3) is 5.91 Å². The van der Waals surface area contributed by atoms with E-state index < -0.39 is 12.1 Å². The van der Waals surface area contributed by atoms with E-state index in [9.17, 15) is 9.90 Å². The summed E-state index contributed by atoms with van der Waals surface area (Å²) in [5.74, 6) is -0.396. The molecule has 0 radical (unpaired) electrons. The fourth-order valence-electron chi connectivity index (χ4n) is 3.57. The number of phenols is 1. The van der Waals surface area contributed by atoms with Gasteiger partial charge in [0.05, 0.1) is 0 Å². The molecule has 1 amide bonds. The van der Waals surface area contributed by atoms with Crippen LogP contribution in [-0.2, 0) is 4.79 Å². The Morgan fingerprint density at radius 3 is 2.27 bits per heavy atom. The predicted molar refractivity (Wildman–Crippen MR) is 122 cm³/mol. The molecule has 0 saturated carbocycles. The van der Waals surface area contributed by atoms with Crippen molar-refractivity contribution in [3.63, 3.8) is 0 Å². The Morgan fingerprint density at radius 1 is 1.10 bits per heavy atom. The van der Waals surface area contributed by atoms with E-state index in [1.165, 1.54) is 32.4 Å². The van der Waals surface area contributed by atoms with Crippen LogP contribution < -0.4 is 21.3 Å². The summed E-state index contributed by atoms with van der Waals surface area (Å²) in [4.78, 5) is 13.6. The minimum Gasteiger partial charge on any atom is -0.508 e. The van der Waals surface area contributed by atoms with Crippen LogP contribution in [0.1, 0.15) is 37.9 Å². The molecule has 4 rings (SSSR count). The number of hydrogen-bond donors (Lipinski definition) is 4. The van der Waals surface area contributed by atoms with Gasteiger partial charge < -0.3 is 26.4 Å². The van der Waals surface area contributed by atoms with Crippen molar-refractivity contribution in [3.8, 4) is 5.75 Å². The first kappa shape index (κ1) is 22.3. The molecule has 1 fully saturated rings. The molecule has 0 aromatic heterocycles. The molecule has 1 unspecified atom stereocenters. The number of benzene rings is 2. The zero-order chi connectivity index (χ0) is 21.7. The second-order valence-corrected chi connectivity index (χ2v) is 8.08. The Balaban J connectivity index is 0.000000367. The number of nitrogens with zero attached hydrogens (tertiary/aromatic N) is 1. The topological polar surface area (TPSA) is 90.6 Å². The number of phenolic OH excluding ortho intramolecular Hbond substituents is 1. The van der Waals surface area contributed by atoms with E-state index in [1.54, 1.807) is 49.4 Å². The van der Waals surface area contributed by atoms with Gasteiger partial charge in [-0.1, -0.05) is 35.7 Å². The lowest BCUT2D eigenvalue weighted by atomic mass is 10.1. The van der Waals surface area contributed by atoms with E-state index in [4.69, 9.17) is 28.9 Å². The highest BCUT2D eigenvalue weighted by Crippen LogP contribution is 2.39. The second kappa shape index (κ2) is 10.1. The largest absolute Gasteiger partial charge is 0.508 e. The van der Waals surface area contributed by atoms with Gasteiger partial charge in [-0.05, 0) is 69.3 Å². The zero-order valence-electron chi connectivity index (χ0n) is 16.8. The summed E-state index contributed by atoms with van der Waals surface area (Å²) in [7, 11) is 0. The Kier molecular flexibility index (Phi) is 7.48. The van der Waals surface area contributed by atoms with Crippen LogP contribution in [0.4, 0.5) is 5.69 Å². The van der Waals surface area contributed by atoms with Crippen LogP contribution in [0.5, 0.6) is 5.75 Å². The highest BCUT2D eigenvalue weighted by Gasteiger charge is 2.34. The molecule has 6 nitrogen and oxygen atoms in total. The van der Waals surface area contributed by atoms with Gasteiger partial charge in [0.2, 0.25) is 0 Å². The molecule has 0 spiro atoms. The van der Waals surface area contributed by atoms with Gasteiger partial charge in [-0.3, -0.25) is 4.79 Å². The van der Waals surface area contributed by atoms with E-state index in [0.29, 0.717) is 21.4 Å². The van der Waals surface area contributed by atoms with Gasteiger partial charge in [-0.25, -0.2) is 0 Å². The van der Waals surface area contributed by atoms with E-state index in [2.05, 4.69) is 10.6 Å². The molecule has 5 N–H and O–H groups in total. The Bertz CT molecular complexity index is 916. The number of amides is 1. The number of allylic oxidation sites excluding steroid dienone is 1. The molecule has 8 heteroatoms. The second-order valence-electron chi connectivity index (χ2n) is 7.23. The molecule has 2 aromatic carbocycles. The Hall–Kier alpha value is -2.41. The van der Waals surface area contributed by atoms with Gasteiger partial charge in [-0.15, -0.1) is 0 Å². The summed E-state index contributed by atoms with van der Waals surface area (Å²) in [6.07, 6.45) is 3.80. The predicted octanol–water partition coefficient (Wildman–Crippen LogP) is 4.28. The normalized spacial score (nSPS) is 18.5. The van der Waals surface area contributed by atoms with E-state index in [1.807, 2.05) is 4.90 Å². The van der Waals surface area contributed by atoms with Gasteiger partial charge in [0.1, 0.15) is 17.6 Å². The highest BCUT2D eigenvalue weighted by molar-refractivity contribution is 6.35. The van der Waals surface area contributed by atoms with E-state index >= 15 is 0 Å². The quantitative estimate of drug-likeness (QED) is 0.562. The first-order valence-corrected chi connectivity index (χ1v) is 10.6. The fourth-order valence-corrected chi connectivity index (χ4v) is 4.08. The van der Waals surface area contributed by atoms with E-state index in [0.717, 1.165) is 11.3 Å². The maximum atomic E-state index is 11.7. The number of anilines is 1. The molecule has 160 valence electrons. The monoisotopic (exact) mass is 448 g/mol. The van der Waals surface area contributed by atoms with Crippen LogP contribution in [0, 0.1) is 0 Å². The molecule has 1 atom stereocenters. The molecule has 0 bridgehead atoms. The average molecular weight is 449 g/mol. The SMILES string of the molecule is C1CCNCC1.CC1=C(C(N)=O)NC(c2ccc(Cl)cc2Cl)N1c1ccc(O)cc1. The van der Waals surface area contributed by atoms with Crippen LogP contribution in [0.3, 0.4) is 0 Å². The number of primary amides is 1. The number of halogens is 2. The van der Waals surface area contributed by atoms with Crippen molar-refractivity contribution >= 4 is 34.8 Å². The van der Waals surface area contributed by atoms with E-state index in [-0.39, 0.29) is 5.75 Å². The fraction of sp³-hybridized carbons (Fsp3) is 0.318. The van der Waals surface area contributed by atoms with Crippen molar-refractivity contribution in [1.29, 1.82) is 0 Å². The van der Waals surface area contributed by atoms with Crippen molar-refractivity contribution in [3.05, 3.63) is 69.5 Å². The van der Waals surface area contributed by atoms with Crippen molar-refractivity contribution in [1.82, 2.24) is 10.6 Å². The van der Waals surface area contributed by atoms with Crippen LogP contribution in [-0.4, -0.2) is 24.1 Å². The molecule has 2 aliphatic heterocycles. The first-order valence-electron chi connectivity index (χ1n) is 9.89. The van der Waals surface area contributed by atoms with Gasteiger partial charge in [-0.2, -0.15) is 0 Å². The zero-order valence-corrected chi connectivity index (χ0v) is 18.3. The minimum absolute atomic E-state index is 0.156. The molecular formula is C22H26Cl2N4O2. The lowest BCUT2D eigenvalue weighted by Gasteiger charge is -2.29. The lowest BCUT2D eigenvalue weighted by molar-refractivity contribution is -0.114. The smallest absolute Gasteiger partial charge is 0.266 e. The summed E-state index contributed by atoms with van der Waals surface area (Å²) in [6.45, 7) is 4.30. The van der Waals surface area contributed by atoms with Crippen molar-refractivity contribution < 1.29 is 9.90 Å². The molecule has 2 heterocycles. The van der Waals surface area contributed by atoms with Gasteiger partial charge in [0.15, 0.2) is 0 Å². The third-order valence-corrected chi connectivity index (χ3v) is 5.66. The molecule has 0 aliphatic carbocycles. The first-order chi connectivity index (χ1) is 14.4. The Morgan fingerprint density at radius 2 is 1.77 bits per heavy atom. The molecule has 30 heavy (non-hydrogen) atoms. The number of nitrogens with two attached hydrogens (primary N) is 1. The van der Waals surface area contributed by atoms with Crippen molar-refractivity contribution in [2.75, 3.05) is 18.0 Å². The van der Waals surface area contributed by atoms with Gasteiger partial charge in [0, 0.05) is 27.0 Å². The van der Waals surface area contributed by atoms with Crippen LogP contribution in [0.2, 0.25) is 10.0 Å². The highest BCUT2D eigenvalue weighted by atomic mass is 35.5. The number of rotatable bonds is 3. The standard InChI is InChI=1S/C17H15Cl2N3O2.C5H11N/c1-9-15(16(20)24)21-17(13-7-2-10(18)8-14(13)19)22(9)11-3-5-12(23)6-4-11;1-2-4-6-5-3-1/h2-8,17,21,23H,1H3,(H2,20,24);6H,1-5H2. The molecule has 2 aliphatic rings. The van der Waals surface area contributed by atoms with Crippen LogP contribution in [0.25, 0.3) is 0 Å². The minimum atomic E-state index is -0.552. The summed E-state index contributed by atoms with van der Waals surface area (Å²) < 4.78 is 0. The maximum absolute atomic E-state index is 11.7. The summed E-state index contributed by atoms with van der Waals surface area (Å²) in [5.41, 5.74) is 8.00. The molecule has 2 aromatic rings. The van der Waals surface area contributed by atoms with Crippen molar-refractivity contribution in [2.24, 2.45) is 5.73 Å². The number of carbonyl (C=O) groups excluding carboxylic acids is 1. The molecular weight excluding hydrogens is 423 g/mol. The maximum Gasteiger partial charge on any atom is 0.266 e. The van der Waals surface area contributed by atoms with Gasteiger partial charge >= 0.3 is 0 Å². The summed E-state index contributed by atoms with van der Waals surface area (Å²) in [6, 6.07) is 11.8.